The molecule has 0 spiro atoms. The van der Waals surface area contributed by atoms with E-state index in [0.29, 0.717) is 6.42 Å². The fourth-order valence-corrected chi connectivity index (χ4v) is 1.27. The Bertz CT molecular complexity index is 125. The predicted octanol–water partition coefficient (Wildman–Crippen LogP) is 2.95. The van der Waals surface area contributed by atoms with Gasteiger partial charge in [-0.25, -0.2) is 0 Å². The maximum atomic E-state index is 8.20. The Balaban J connectivity index is 3.76. The van der Waals surface area contributed by atoms with Crippen LogP contribution in [0.25, 0.3) is 0 Å². The van der Waals surface area contributed by atoms with Gasteiger partial charge in [-0.15, -0.1) is 33.2 Å². The molecule has 9 heavy (non-hydrogen) atoms. The molecule has 0 saturated carbocycles. The molecule has 52 valence electrons. The monoisotopic (exact) mass is 201 g/mol. The highest BCUT2D eigenvalue weighted by atomic mass is 35.8. The highest BCUT2D eigenvalue weighted by Crippen LogP contribution is 2.35. The summed E-state index contributed by atoms with van der Waals surface area (Å²) in [6.45, 7) is 1.78. The lowest BCUT2D eigenvalue weighted by Crippen LogP contribution is -2.16. The van der Waals surface area contributed by atoms with Gasteiger partial charge < -0.3 is 0 Å². The number of rotatable bonds is 2. The summed E-state index contributed by atoms with van der Waals surface area (Å²) in [5, 5.41) is 8.20. The van der Waals surface area contributed by atoms with Gasteiger partial charge in [0.05, 0.1) is 6.07 Å². The second-order valence-corrected chi connectivity index (χ2v) is 11.0. The van der Waals surface area contributed by atoms with E-state index in [2.05, 4.69) is 0 Å². The van der Waals surface area contributed by atoms with E-state index < -0.39 is 6.00 Å². The molecule has 1 nitrogen and oxygen atoms in total. The normalized spacial score (nSPS) is 14.6. The van der Waals surface area contributed by atoms with Crippen molar-refractivity contribution in [1.29, 1.82) is 5.26 Å². The molecule has 0 aliphatic rings. The summed E-state index contributed by atoms with van der Waals surface area (Å²) >= 11 is 16.7. The van der Waals surface area contributed by atoms with Gasteiger partial charge in [0.2, 0.25) is 0 Å². The predicted molar refractivity (Wildman–Crippen MR) is 43.0 cm³/mol. The molecule has 1 atom stereocenters. The lowest BCUT2D eigenvalue weighted by atomic mass is 10.4. The van der Waals surface area contributed by atoms with Crippen molar-refractivity contribution in [3.63, 3.8) is 0 Å². The van der Waals surface area contributed by atoms with Gasteiger partial charge in [-0.1, -0.05) is 6.92 Å². The van der Waals surface area contributed by atoms with E-state index in [0.717, 1.165) is 0 Å². The van der Waals surface area contributed by atoms with Crippen LogP contribution in [-0.4, -0.2) is 6.00 Å². The quantitative estimate of drug-likeness (QED) is 0.499. The smallest absolute Gasteiger partial charge is 0.198 e. The summed E-state index contributed by atoms with van der Waals surface area (Å²) in [5.74, 6) is 0. The van der Waals surface area contributed by atoms with Crippen molar-refractivity contribution < 1.29 is 0 Å². The Morgan fingerprint density at radius 2 is 2.00 bits per heavy atom. The minimum Gasteiger partial charge on any atom is -0.198 e. The van der Waals surface area contributed by atoms with Gasteiger partial charge in [0, 0.05) is 12.0 Å². The Hall–Kier alpha value is 0.577. The van der Waals surface area contributed by atoms with Crippen molar-refractivity contribution in [2.45, 2.75) is 18.9 Å². The van der Waals surface area contributed by atoms with Crippen LogP contribution in [0.1, 0.15) is 13.3 Å². The average molecular weight is 203 g/mol. The van der Waals surface area contributed by atoms with Crippen molar-refractivity contribution in [3.8, 4) is 6.07 Å². The Kier molecular flexibility index (Phi) is 3.91. The summed E-state index contributed by atoms with van der Waals surface area (Å²) in [5.41, 5.74) is -0.0625. The van der Waals surface area contributed by atoms with Crippen LogP contribution in [0.15, 0.2) is 0 Å². The van der Waals surface area contributed by atoms with Gasteiger partial charge in [0.25, 0.3) is 0 Å². The van der Waals surface area contributed by atoms with E-state index >= 15 is 0 Å². The topological polar surface area (TPSA) is 23.8 Å². The standard InChI is InChI=1S/C4H6Cl3NSi/c1-4(2-3-8)9(5,6)7/h4H,2H2,1H3. The third-order valence-corrected chi connectivity index (χ3v) is 5.63. The molecule has 0 aromatic rings. The summed E-state index contributed by atoms with van der Waals surface area (Å²) in [6.07, 6.45) is 0.336. The molecule has 0 aromatic carbocycles. The first-order chi connectivity index (χ1) is 3.98. The van der Waals surface area contributed by atoms with Crippen molar-refractivity contribution in [1.82, 2.24) is 0 Å². The fraction of sp³-hybridized carbons (Fsp3) is 0.750. The summed E-state index contributed by atoms with van der Waals surface area (Å²) < 4.78 is 0. The SMILES string of the molecule is CC(CC#N)[Si](Cl)(Cl)Cl. The van der Waals surface area contributed by atoms with E-state index in [-0.39, 0.29) is 5.54 Å². The Labute approximate surface area is 69.6 Å². The van der Waals surface area contributed by atoms with Crippen molar-refractivity contribution in [3.05, 3.63) is 0 Å². The molecule has 0 aliphatic heterocycles. The summed E-state index contributed by atoms with van der Waals surface area (Å²) in [6, 6.07) is -0.632. The molecule has 1 unspecified atom stereocenters. The number of hydrogen-bond acceptors (Lipinski definition) is 1. The second kappa shape index (κ2) is 3.67. The minimum atomic E-state index is -2.59. The summed E-state index contributed by atoms with van der Waals surface area (Å²) in [4.78, 5) is 0. The maximum Gasteiger partial charge on any atom is 0.345 e. The van der Waals surface area contributed by atoms with Gasteiger partial charge in [-0.3, -0.25) is 0 Å². The van der Waals surface area contributed by atoms with Crippen LogP contribution in [0, 0.1) is 11.3 Å². The number of hydrogen-bond donors (Lipinski definition) is 0. The van der Waals surface area contributed by atoms with Gasteiger partial charge in [-0.05, 0) is 0 Å². The molecule has 0 N–H and O–H groups in total. The molecule has 0 fully saturated rings. The molecule has 0 aromatic heterocycles. The highest BCUT2D eigenvalue weighted by molar-refractivity contribution is 7.65. The first-order valence-electron chi connectivity index (χ1n) is 2.42. The van der Waals surface area contributed by atoms with Crippen molar-refractivity contribution in [2.75, 3.05) is 0 Å². The van der Waals surface area contributed by atoms with Crippen LogP contribution in [0.4, 0.5) is 0 Å². The zero-order chi connectivity index (χ0) is 7.49. The van der Waals surface area contributed by atoms with E-state index in [1.807, 2.05) is 6.07 Å². The molecule has 0 amide bonds. The van der Waals surface area contributed by atoms with Crippen LogP contribution in [-0.2, 0) is 0 Å². The molecular formula is C4H6Cl3NSi. The third-order valence-electron chi connectivity index (χ3n) is 0.956. The lowest BCUT2D eigenvalue weighted by molar-refractivity contribution is 0.948. The maximum absolute atomic E-state index is 8.20. The van der Waals surface area contributed by atoms with Crippen molar-refractivity contribution >= 4 is 39.2 Å². The van der Waals surface area contributed by atoms with Gasteiger partial charge in [0.15, 0.2) is 0 Å². The molecule has 0 bridgehead atoms. The first-order valence-corrected chi connectivity index (χ1v) is 7.53. The van der Waals surface area contributed by atoms with E-state index in [1.54, 1.807) is 6.92 Å². The number of halogens is 3. The zero-order valence-corrected chi connectivity index (χ0v) is 8.13. The Morgan fingerprint density at radius 3 is 2.11 bits per heavy atom. The van der Waals surface area contributed by atoms with Crippen LogP contribution >= 0.6 is 33.2 Å². The van der Waals surface area contributed by atoms with Gasteiger partial charge >= 0.3 is 6.00 Å². The number of nitrogens with zero attached hydrogens (tertiary/aromatic N) is 1. The van der Waals surface area contributed by atoms with E-state index in [9.17, 15) is 0 Å². The molecular weight excluding hydrogens is 196 g/mol. The largest absolute Gasteiger partial charge is 0.345 e. The molecule has 5 heteroatoms. The zero-order valence-electron chi connectivity index (χ0n) is 4.87. The molecule has 0 saturated heterocycles. The van der Waals surface area contributed by atoms with E-state index in [4.69, 9.17) is 38.5 Å². The molecule has 0 rings (SSSR count). The minimum absolute atomic E-state index is 0.0625. The van der Waals surface area contributed by atoms with Crippen LogP contribution in [0.2, 0.25) is 5.54 Å². The van der Waals surface area contributed by atoms with Crippen LogP contribution in [0.3, 0.4) is 0 Å². The van der Waals surface area contributed by atoms with Crippen LogP contribution in [0.5, 0.6) is 0 Å². The third kappa shape index (κ3) is 4.05. The first kappa shape index (κ1) is 9.58. The van der Waals surface area contributed by atoms with Gasteiger partial charge in [-0.2, -0.15) is 5.26 Å². The fourth-order valence-electron chi connectivity index (χ4n) is 0.253. The number of nitriles is 1. The molecule has 0 aliphatic carbocycles. The summed E-state index contributed by atoms with van der Waals surface area (Å²) in [7, 11) is 0. The molecule has 0 heterocycles. The second-order valence-electron chi connectivity index (χ2n) is 1.80. The molecule has 0 radical (unpaired) electrons. The van der Waals surface area contributed by atoms with Gasteiger partial charge in [0.1, 0.15) is 0 Å². The lowest BCUT2D eigenvalue weighted by Gasteiger charge is -2.12. The van der Waals surface area contributed by atoms with Crippen LogP contribution < -0.4 is 0 Å². The van der Waals surface area contributed by atoms with E-state index in [1.165, 1.54) is 0 Å². The highest BCUT2D eigenvalue weighted by Gasteiger charge is 2.32. The van der Waals surface area contributed by atoms with Crippen molar-refractivity contribution in [2.24, 2.45) is 0 Å². The average Bonchev–Trinajstić information content (AvgIpc) is 1.64. The Morgan fingerprint density at radius 1 is 1.56 bits per heavy atom.